The van der Waals surface area contributed by atoms with Gasteiger partial charge in [-0.05, 0) is 11.8 Å². The van der Waals surface area contributed by atoms with Crippen LogP contribution >= 0.6 is 0 Å². The van der Waals surface area contributed by atoms with E-state index in [4.69, 9.17) is 5.73 Å². The summed E-state index contributed by atoms with van der Waals surface area (Å²) >= 11 is 0. The lowest BCUT2D eigenvalue weighted by Crippen LogP contribution is -2.37. The summed E-state index contributed by atoms with van der Waals surface area (Å²) in [4.78, 5) is 13.7. The van der Waals surface area contributed by atoms with Crippen molar-refractivity contribution in [3.63, 3.8) is 0 Å². The molecule has 0 saturated carbocycles. The summed E-state index contributed by atoms with van der Waals surface area (Å²) in [6.45, 7) is 10.4. The molecule has 2 N–H and O–H groups in total. The van der Waals surface area contributed by atoms with Crippen LogP contribution in [0.15, 0.2) is 0 Å². The highest BCUT2D eigenvalue weighted by Crippen LogP contribution is 2.19. The molecule has 0 aliphatic rings. The van der Waals surface area contributed by atoms with Crippen LogP contribution in [-0.2, 0) is 4.79 Å². The quantitative estimate of drug-likeness (QED) is 0.733. The molecule has 0 radical (unpaired) electrons. The first-order valence-electron chi connectivity index (χ1n) is 5.38. The van der Waals surface area contributed by atoms with E-state index in [-0.39, 0.29) is 11.3 Å². The third-order valence-electron chi connectivity index (χ3n) is 1.93. The van der Waals surface area contributed by atoms with E-state index >= 15 is 0 Å². The fourth-order valence-electron chi connectivity index (χ4n) is 1.35. The van der Waals surface area contributed by atoms with Crippen molar-refractivity contribution in [3.8, 4) is 0 Å². The molecule has 0 aliphatic heterocycles. The molecule has 3 nitrogen and oxygen atoms in total. The van der Waals surface area contributed by atoms with Crippen molar-refractivity contribution in [1.82, 2.24) is 4.90 Å². The van der Waals surface area contributed by atoms with E-state index in [1.165, 1.54) is 0 Å². The minimum atomic E-state index is 0.0671. The Hall–Kier alpha value is -0.570. The second-order valence-electron chi connectivity index (χ2n) is 4.91. The fourth-order valence-corrected chi connectivity index (χ4v) is 1.35. The van der Waals surface area contributed by atoms with E-state index < -0.39 is 0 Å². The van der Waals surface area contributed by atoms with Crippen LogP contribution in [0.5, 0.6) is 0 Å². The second-order valence-corrected chi connectivity index (χ2v) is 4.91. The van der Waals surface area contributed by atoms with E-state index in [9.17, 15) is 4.79 Å². The normalized spacial score (nSPS) is 11.5. The predicted molar refractivity (Wildman–Crippen MR) is 60.0 cm³/mol. The minimum Gasteiger partial charge on any atom is -0.341 e. The fraction of sp³-hybridized carbons (Fsp3) is 0.909. The maximum atomic E-state index is 11.8. The third kappa shape index (κ3) is 5.97. The summed E-state index contributed by atoms with van der Waals surface area (Å²) < 4.78 is 0. The van der Waals surface area contributed by atoms with Gasteiger partial charge in [0.15, 0.2) is 0 Å². The first-order chi connectivity index (χ1) is 6.40. The minimum absolute atomic E-state index is 0.0671. The average molecular weight is 200 g/mol. The third-order valence-corrected chi connectivity index (χ3v) is 1.93. The molecule has 0 aromatic heterocycles. The zero-order valence-electron chi connectivity index (χ0n) is 9.97. The van der Waals surface area contributed by atoms with E-state index in [1.54, 1.807) is 0 Å². The summed E-state index contributed by atoms with van der Waals surface area (Å²) in [6.07, 6.45) is 1.60. The van der Waals surface area contributed by atoms with Gasteiger partial charge in [0.2, 0.25) is 5.91 Å². The van der Waals surface area contributed by atoms with Gasteiger partial charge in [0, 0.05) is 26.1 Å². The average Bonchev–Trinajstić information content (AvgIpc) is 2.01. The van der Waals surface area contributed by atoms with Gasteiger partial charge < -0.3 is 10.6 Å². The Labute approximate surface area is 87.6 Å². The number of carbonyl (C=O) groups is 1. The predicted octanol–water partition coefficient (Wildman–Crippen LogP) is 1.62. The number of nitrogens with zero attached hydrogens (tertiary/aromatic N) is 1. The summed E-state index contributed by atoms with van der Waals surface area (Å²) in [6, 6.07) is 0. The van der Waals surface area contributed by atoms with Crippen molar-refractivity contribution in [1.29, 1.82) is 0 Å². The van der Waals surface area contributed by atoms with Crippen LogP contribution < -0.4 is 5.73 Å². The molecule has 3 heteroatoms. The largest absolute Gasteiger partial charge is 0.341 e. The van der Waals surface area contributed by atoms with Gasteiger partial charge in [-0.1, -0.05) is 27.7 Å². The maximum absolute atomic E-state index is 11.8. The second kappa shape index (κ2) is 6.02. The Morgan fingerprint density at radius 3 is 2.21 bits per heavy atom. The SMILES string of the molecule is CCCN(CCN)C(=O)CC(C)(C)C. The maximum Gasteiger partial charge on any atom is 0.223 e. The molecule has 0 unspecified atom stereocenters. The van der Waals surface area contributed by atoms with Crippen molar-refractivity contribution in [3.05, 3.63) is 0 Å². The molecule has 1 amide bonds. The van der Waals surface area contributed by atoms with Crippen molar-refractivity contribution in [2.24, 2.45) is 11.1 Å². The number of amides is 1. The molecule has 0 saturated heterocycles. The molecule has 0 aromatic carbocycles. The molecule has 0 aliphatic carbocycles. The number of hydrogen-bond acceptors (Lipinski definition) is 2. The molecule has 0 fully saturated rings. The smallest absolute Gasteiger partial charge is 0.223 e. The summed E-state index contributed by atoms with van der Waals surface area (Å²) in [7, 11) is 0. The number of nitrogens with two attached hydrogens (primary N) is 1. The molecule has 0 heterocycles. The molecule has 0 bridgehead atoms. The van der Waals surface area contributed by atoms with Crippen LogP contribution in [0.2, 0.25) is 0 Å². The lowest BCUT2D eigenvalue weighted by molar-refractivity contribution is -0.133. The van der Waals surface area contributed by atoms with E-state index in [0.717, 1.165) is 13.0 Å². The molecular weight excluding hydrogens is 176 g/mol. The van der Waals surface area contributed by atoms with Gasteiger partial charge in [-0.25, -0.2) is 0 Å². The van der Waals surface area contributed by atoms with Crippen LogP contribution in [0.4, 0.5) is 0 Å². The van der Waals surface area contributed by atoms with Crippen LogP contribution in [0, 0.1) is 5.41 Å². The number of rotatable bonds is 5. The van der Waals surface area contributed by atoms with Crippen molar-refractivity contribution >= 4 is 5.91 Å². The van der Waals surface area contributed by atoms with Crippen molar-refractivity contribution < 1.29 is 4.79 Å². The lowest BCUT2D eigenvalue weighted by atomic mass is 9.91. The van der Waals surface area contributed by atoms with Crippen LogP contribution in [0.25, 0.3) is 0 Å². The Balaban J connectivity index is 4.14. The summed E-state index contributed by atoms with van der Waals surface area (Å²) in [5, 5.41) is 0. The van der Waals surface area contributed by atoms with E-state index in [0.29, 0.717) is 19.5 Å². The van der Waals surface area contributed by atoms with Gasteiger partial charge in [0.1, 0.15) is 0 Å². The van der Waals surface area contributed by atoms with Crippen LogP contribution in [0.1, 0.15) is 40.5 Å². The highest BCUT2D eigenvalue weighted by molar-refractivity contribution is 5.76. The van der Waals surface area contributed by atoms with Gasteiger partial charge in [-0.2, -0.15) is 0 Å². The van der Waals surface area contributed by atoms with Crippen molar-refractivity contribution in [2.75, 3.05) is 19.6 Å². The Bertz CT molecular complexity index is 167. The molecule has 0 rings (SSSR count). The first-order valence-corrected chi connectivity index (χ1v) is 5.38. The Morgan fingerprint density at radius 1 is 1.29 bits per heavy atom. The lowest BCUT2D eigenvalue weighted by Gasteiger charge is -2.25. The van der Waals surface area contributed by atoms with E-state index in [1.807, 2.05) is 4.90 Å². The van der Waals surface area contributed by atoms with Gasteiger partial charge in [-0.15, -0.1) is 0 Å². The molecule has 14 heavy (non-hydrogen) atoms. The molecule has 0 spiro atoms. The standard InChI is InChI=1S/C11H24N2O/c1-5-7-13(8-6-12)10(14)9-11(2,3)4/h5-9,12H2,1-4H3. The van der Waals surface area contributed by atoms with Crippen molar-refractivity contribution in [2.45, 2.75) is 40.5 Å². The van der Waals surface area contributed by atoms with E-state index in [2.05, 4.69) is 27.7 Å². The molecule has 84 valence electrons. The summed E-state index contributed by atoms with van der Waals surface area (Å²) in [5.74, 6) is 0.227. The molecular formula is C11H24N2O. The number of carbonyl (C=O) groups excluding carboxylic acids is 1. The van der Waals surface area contributed by atoms with Crippen LogP contribution in [0.3, 0.4) is 0 Å². The molecule has 0 atom stereocenters. The first kappa shape index (κ1) is 13.4. The van der Waals surface area contributed by atoms with Gasteiger partial charge >= 0.3 is 0 Å². The highest BCUT2D eigenvalue weighted by atomic mass is 16.2. The van der Waals surface area contributed by atoms with Gasteiger partial charge in [0.25, 0.3) is 0 Å². The Morgan fingerprint density at radius 2 is 1.86 bits per heavy atom. The highest BCUT2D eigenvalue weighted by Gasteiger charge is 2.19. The summed E-state index contributed by atoms with van der Waals surface area (Å²) in [5.41, 5.74) is 5.53. The van der Waals surface area contributed by atoms with Crippen LogP contribution in [-0.4, -0.2) is 30.4 Å². The topological polar surface area (TPSA) is 46.3 Å². The number of hydrogen-bond donors (Lipinski definition) is 1. The zero-order chi connectivity index (χ0) is 11.2. The Kier molecular flexibility index (Phi) is 5.77. The van der Waals surface area contributed by atoms with Gasteiger partial charge in [-0.3, -0.25) is 4.79 Å². The molecule has 0 aromatic rings. The van der Waals surface area contributed by atoms with Gasteiger partial charge in [0.05, 0.1) is 0 Å². The zero-order valence-corrected chi connectivity index (χ0v) is 9.97. The monoisotopic (exact) mass is 200 g/mol.